The van der Waals surface area contributed by atoms with Crippen LogP contribution in [0.2, 0.25) is 0 Å². The molecule has 0 radical (unpaired) electrons. The van der Waals surface area contributed by atoms with Crippen molar-refractivity contribution in [3.8, 4) is 5.75 Å². The Labute approximate surface area is 107 Å². The van der Waals surface area contributed by atoms with Gasteiger partial charge >= 0.3 is 7.12 Å². The second-order valence-corrected chi connectivity index (χ2v) is 4.02. The van der Waals surface area contributed by atoms with Crippen molar-refractivity contribution in [1.29, 1.82) is 0 Å². The zero-order valence-electron chi connectivity index (χ0n) is 10.9. The summed E-state index contributed by atoms with van der Waals surface area (Å²) in [4.78, 5) is 0. The zero-order chi connectivity index (χ0) is 13.5. The summed E-state index contributed by atoms with van der Waals surface area (Å²) in [6.45, 7) is 2.65. The molecule has 0 fully saturated rings. The summed E-state index contributed by atoms with van der Waals surface area (Å²) in [5, 5.41) is 18.5. The Hall–Kier alpha value is -1.08. The Kier molecular flexibility index (Phi) is 6.14. The molecule has 1 atom stereocenters. The molecule has 1 aromatic carbocycles. The van der Waals surface area contributed by atoms with E-state index in [1.807, 2.05) is 6.92 Å². The van der Waals surface area contributed by atoms with E-state index >= 15 is 0 Å². The number of hydrogen-bond acceptors (Lipinski definition) is 5. The van der Waals surface area contributed by atoms with E-state index in [2.05, 4.69) is 0 Å². The number of rotatable bonds is 7. The summed E-state index contributed by atoms with van der Waals surface area (Å²) in [6, 6.07) is 5.02. The molecule has 18 heavy (non-hydrogen) atoms. The predicted octanol–water partition coefficient (Wildman–Crippen LogP) is -0.0735. The third-order valence-electron chi connectivity index (χ3n) is 2.55. The van der Waals surface area contributed by atoms with E-state index in [-0.39, 0.29) is 12.7 Å². The normalized spacial score (nSPS) is 12.3. The van der Waals surface area contributed by atoms with Crippen LogP contribution in [0.15, 0.2) is 18.2 Å². The zero-order valence-corrected chi connectivity index (χ0v) is 10.9. The van der Waals surface area contributed by atoms with E-state index < -0.39 is 7.12 Å². The van der Waals surface area contributed by atoms with Gasteiger partial charge in [-0.15, -0.1) is 0 Å². The molecule has 5 nitrogen and oxygen atoms in total. The molecule has 0 spiro atoms. The molecular formula is C12H19BO5. The monoisotopic (exact) mass is 254 g/mol. The highest BCUT2D eigenvalue weighted by Crippen LogP contribution is 2.13. The fraction of sp³-hybridized carbons (Fsp3) is 0.500. The van der Waals surface area contributed by atoms with Crippen LogP contribution >= 0.6 is 0 Å². The van der Waals surface area contributed by atoms with Crippen LogP contribution in [0.25, 0.3) is 0 Å². The van der Waals surface area contributed by atoms with Gasteiger partial charge in [0.25, 0.3) is 0 Å². The molecule has 0 aliphatic heterocycles. The average Bonchev–Trinajstić information content (AvgIpc) is 2.36. The molecule has 0 saturated heterocycles. The molecule has 1 unspecified atom stereocenters. The lowest BCUT2D eigenvalue weighted by Gasteiger charge is -2.15. The van der Waals surface area contributed by atoms with Gasteiger partial charge in [-0.2, -0.15) is 0 Å². The summed E-state index contributed by atoms with van der Waals surface area (Å²) < 4.78 is 15.6. The van der Waals surface area contributed by atoms with Gasteiger partial charge in [0, 0.05) is 7.11 Å². The van der Waals surface area contributed by atoms with E-state index in [0.29, 0.717) is 23.4 Å². The summed E-state index contributed by atoms with van der Waals surface area (Å²) in [5.41, 5.74) is 1.10. The second-order valence-electron chi connectivity index (χ2n) is 4.02. The van der Waals surface area contributed by atoms with E-state index in [0.717, 1.165) is 0 Å². The molecule has 0 aliphatic rings. The van der Waals surface area contributed by atoms with Crippen LogP contribution in [0.5, 0.6) is 5.75 Å². The number of benzene rings is 1. The fourth-order valence-corrected chi connectivity index (χ4v) is 1.60. The maximum Gasteiger partial charge on any atom is 0.488 e. The molecule has 0 aromatic heterocycles. The lowest BCUT2D eigenvalue weighted by molar-refractivity contribution is 0.0000490. The lowest BCUT2D eigenvalue weighted by atomic mass is 9.77. The Morgan fingerprint density at radius 1 is 1.28 bits per heavy atom. The first-order valence-corrected chi connectivity index (χ1v) is 5.72. The minimum Gasteiger partial charge on any atom is -0.497 e. The number of methoxy groups -OCH3 is 2. The Bertz CT molecular complexity index is 369. The van der Waals surface area contributed by atoms with Gasteiger partial charge in [-0.05, 0) is 30.1 Å². The Morgan fingerprint density at radius 2 is 2.00 bits per heavy atom. The van der Waals surface area contributed by atoms with Crippen LogP contribution < -0.4 is 10.2 Å². The minimum atomic E-state index is -1.52. The predicted molar refractivity (Wildman–Crippen MR) is 68.9 cm³/mol. The maximum atomic E-state index is 9.27. The third-order valence-corrected chi connectivity index (χ3v) is 2.55. The topological polar surface area (TPSA) is 68.2 Å². The van der Waals surface area contributed by atoms with Gasteiger partial charge in [-0.25, -0.2) is 0 Å². The van der Waals surface area contributed by atoms with Crippen LogP contribution in [0, 0.1) is 0 Å². The second kappa shape index (κ2) is 7.38. The van der Waals surface area contributed by atoms with Crippen LogP contribution in [-0.2, 0) is 16.1 Å². The van der Waals surface area contributed by atoms with E-state index in [9.17, 15) is 10.0 Å². The number of ether oxygens (including phenoxy) is 3. The van der Waals surface area contributed by atoms with Crippen molar-refractivity contribution in [1.82, 2.24) is 0 Å². The molecular weight excluding hydrogens is 235 g/mol. The molecule has 0 amide bonds. The van der Waals surface area contributed by atoms with Crippen LogP contribution in [0.4, 0.5) is 0 Å². The highest BCUT2D eigenvalue weighted by Gasteiger charge is 2.17. The molecule has 0 saturated carbocycles. The molecule has 1 aromatic rings. The number of hydrogen-bond donors (Lipinski definition) is 2. The van der Waals surface area contributed by atoms with Crippen LogP contribution in [0.1, 0.15) is 12.5 Å². The standard InChI is InChI=1S/C12H19BO5/c1-9(7-16-2)18-8-10-6-11(17-3)4-5-12(10)13(14)15/h4-6,9,14-15H,7-8H2,1-3H3. The van der Waals surface area contributed by atoms with Crippen molar-refractivity contribution in [3.63, 3.8) is 0 Å². The molecule has 1 rings (SSSR count). The summed E-state index contributed by atoms with van der Waals surface area (Å²) >= 11 is 0. The molecule has 0 aliphatic carbocycles. The minimum absolute atomic E-state index is 0.0649. The van der Waals surface area contributed by atoms with Crippen LogP contribution in [-0.4, -0.2) is 44.1 Å². The van der Waals surface area contributed by atoms with Crippen molar-refractivity contribution in [2.45, 2.75) is 19.6 Å². The highest BCUT2D eigenvalue weighted by atomic mass is 16.5. The first kappa shape index (κ1) is 15.0. The van der Waals surface area contributed by atoms with Gasteiger partial charge in [-0.3, -0.25) is 0 Å². The van der Waals surface area contributed by atoms with Gasteiger partial charge in [0.1, 0.15) is 5.75 Å². The quantitative estimate of drug-likeness (QED) is 0.666. The first-order chi connectivity index (χ1) is 8.58. The van der Waals surface area contributed by atoms with E-state index in [4.69, 9.17) is 14.2 Å². The highest BCUT2D eigenvalue weighted by molar-refractivity contribution is 6.59. The summed E-state index contributed by atoms with van der Waals surface area (Å²) in [5.74, 6) is 0.650. The van der Waals surface area contributed by atoms with Gasteiger partial charge < -0.3 is 24.3 Å². The third kappa shape index (κ3) is 4.31. The Morgan fingerprint density at radius 3 is 2.56 bits per heavy atom. The molecule has 6 heteroatoms. The fourth-order valence-electron chi connectivity index (χ4n) is 1.60. The smallest absolute Gasteiger partial charge is 0.488 e. The average molecular weight is 254 g/mol. The molecule has 0 heterocycles. The van der Waals surface area contributed by atoms with Crippen molar-refractivity contribution in [3.05, 3.63) is 23.8 Å². The van der Waals surface area contributed by atoms with E-state index in [1.54, 1.807) is 32.4 Å². The molecule has 0 bridgehead atoms. The van der Waals surface area contributed by atoms with Crippen molar-refractivity contribution < 1.29 is 24.3 Å². The van der Waals surface area contributed by atoms with Crippen LogP contribution in [0.3, 0.4) is 0 Å². The lowest BCUT2D eigenvalue weighted by Crippen LogP contribution is -2.33. The largest absolute Gasteiger partial charge is 0.497 e. The first-order valence-electron chi connectivity index (χ1n) is 5.72. The van der Waals surface area contributed by atoms with Gasteiger partial charge in [0.05, 0.1) is 26.4 Å². The van der Waals surface area contributed by atoms with E-state index in [1.165, 1.54) is 0 Å². The molecule has 2 N–H and O–H groups in total. The maximum absolute atomic E-state index is 9.27. The summed E-state index contributed by atoms with van der Waals surface area (Å²) in [7, 11) is 1.64. The summed E-state index contributed by atoms with van der Waals surface area (Å²) in [6.07, 6.45) is -0.0649. The Balaban J connectivity index is 2.77. The van der Waals surface area contributed by atoms with Gasteiger partial charge in [0.15, 0.2) is 0 Å². The van der Waals surface area contributed by atoms with Gasteiger partial charge in [-0.1, -0.05) is 6.07 Å². The van der Waals surface area contributed by atoms with Crippen molar-refractivity contribution in [2.24, 2.45) is 0 Å². The molecule has 100 valence electrons. The van der Waals surface area contributed by atoms with Crippen molar-refractivity contribution in [2.75, 3.05) is 20.8 Å². The SMILES string of the molecule is COCC(C)OCc1cc(OC)ccc1B(O)O. The van der Waals surface area contributed by atoms with Crippen molar-refractivity contribution >= 4 is 12.6 Å². The van der Waals surface area contributed by atoms with Gasteiger partial charge in [0.2, 0.25) is 0 Å².